The lowest BCUT2D eigenvalue weighted by Crippen LogP contribution is -2.41. The van der Waals surface area contributed by atoms with Gasteiger partial charge in [0, 0.05) is 12.7 Å². The number of anilines is 1. The number of alkyl halides is 5. The zero-order valence-electron chi connectivity index (χ0n) is 16.5. The summed E-state index contributed by atoms with van der Waals surface area (Å²) < 4.78 is 66.8. The Labute approximate surface area is 175 Å². The molecule has 0 bridgehead atoms. The number of hydrogen-bond acceptors (Lipinski definition) is 5. The van der Waals surface area contributed by atoms with Crippen molar-refractivity contribution in [1.82, 2.24) is 15.3 Å². The molecule has 1 unspecified atom stereocenters. The molecule has 1 amide bonds. The highest BCUT2D eigenvalue weighted by molar-refractivity contribution is 5.92. The summed E-state index contributed by atoms with van der Waals surface area (Å²) in [4.78, 5) is 20.4. The van der Waals surface area contributed by atoms with Crippen LogP contribution < -0.4 is 15.4 Å². The summed E-state index contributed by atoms with van der Waals surface area (Å²) in [5, 5.41) is 6.00. The van der Waals surface area contributed by atoms with E-state index in [1.54, 1.807) is 19.2 Å². The summed E-state index contributed by atoms with van der Waals surface area (Å²) in [6.45, 7) is 0.749. The molecule has 2 aromatic heterocycles. The third-order valence-electron chi connectivity index (χ3n) is 4.70. The summed E-state index contributed by atoms with van der Waals surface area (Å²) in [6.07, 6.45) is -0.745. The van der Waals surface area contributed by atoms with Gasteiger partial charge >= 0.3 is 12.1 Å². The molecule has 168 valence electrons. The molecule has 11 heteroatoms. The molecule has 0 saturated heterocycles. The monoisotopic (exact) mass is 444 g/mol. The number of carbonyl (C=O) groups is 1. The standard InChI is InChI=1S/C20H21F5N4O2/c1-12(14-6-7-26-17(8-14)28-9-13-2-3-13)29-18(30)16-5-4-15(10-27-16)31-11-19(21,22)20(23,24)25/h4-8,10,12-13H,2-3,9,11H2,1H3,(H,26,28)(H,29,30). The van der Waals surface area contributed by atoms with Crippen molar-refractivity contribution in [3.05, 3.63) is 47.9 Å². The van der Waals surface area contributed by atoms with Gasteiger partial charge < -0.3 is 15.4 Å². The van der Waals surface area contributed by atoms with E-state index in [1.807, 2.05) is 6.07 Å². The molecular formula is C20H21F5N4O2. The van der Waals surface area contributed by atoms with Crippen LogP contribution in [0.2, 0.25) is 0 Å². The fourth-order valence-electron chi connectivity index (χ4n) is 2.59. The van der Waals surface area contributed by atoms with Crippen LogP contribution in [0.25, 0.3) is 0 Å². The second-order valence-electron chi connectivity index (χ2n) is 7.36. The third-order valence-corrected chi connectivity index (χ3v) is 4.70. The van der Waals surface area contributed by atoms with E-state index >= 15 is 0 Å². The molecule has 0 aliphatic heterocycles. The lowest BCUT2D eigenvalue weighted by molar-refractivity contribution is -0.290. The topological polar surface area (TPSA) is 76.1 Å². The van der Waals surface area contributed by atoms with E-state index in [2.05, 4.69) is 25.3 Å². The number of halogens is 5. The molecule has 6 nitrogen and oxygen atoms in total. The number of carbonyl (C=O) groups excluding carboxylic acids is 1. The van der Waals surface area contributed by atoms with Crippen LogP contribution in [-0.2, 0) is 0 Å². The van der Waals surface area contributed by atoms with Crippen molar-refractivity contribution < 1.29 is 31.5 Å². The second-order valence-corrected chi connectivity index (χ2v) is 7.36. The van der Waals surface area contributed by atoms with Crippen LogP contribution in [0.3, 0.4) is 0 Å². The first kappa shape index (κ1) is 22.7. The highest BCUT2D eigenvalue weighted by atomic mass is 19.4. The van der Waals surface area contributed by atoms with E-state index in [0.717, 1.165) is 24.4 Å². The van der Waals surface area contributed by atoms with Crippen LogP contribution in [-0.4, -0.2) is 41.1 Å². The normalized spacial score (nSPS) is 15.3. The van der Waals surface area contributed by atoms with Crippen LogP contribution in [0.5, 0.6) is 5.75 Å². The maximum atomic E-state index is 12.9. The van der Waals surface area contributed by atoms with Crippen molar-refractivity contribution in [3.63, 3.8) is 0 Å². The van der Waals surface area contributed by atoms with Crippen molar-refractivity contribution in [2.75, 3.05) is 18.5 Å². The van der Waals surface area contributed by atoms with Crippen LogP contribution in [0.4, 0.5) is 27.8 Å². The average molecular weight is 444 g/mol. The van der Waals surface area contributed by atoms with Crippen LogP contribution >= 0.6 is 0 Å². The summed E-state index contributed by atoms with van der Waals surface area (Å²) >= 11 is 0. The molecule has 0 spiro atoms. The summed E-state index contributed by atoms with van der Waals surface area (Å²) in [6, 6.07) is 5.50. The van der Waals surface area contributed by atoms with Crippen molar-refractivity contribution >= 4 is 11.7 Å². The molecule has 2 N–H and O–H groups in total. The van der Waals surface area contributed by atoms with E-state index in [4.69, 9.17) is 0 Å². The van der Waals surface area contributed by atoms with E-state index in [1.165, 1.54) is 18.9 Å². The molecule has 1 aliphatic rings. The zero-order valence-corrected chi connectivity index (χ0v) is 16.5. The SMILES string of the molecule is CC(NC(=O)c1ccc(OCC(F)(F)C(F)(F)F)cn1)c1ccnc(NCC2CC2)c1. The summed E-state index contributed by atoms with van der Waals surface area (Å²) in [7, 11) is 0. The molecule has 0 radical (unpaired) electrons. The molecule has 1 fully saturated rings. The van der Waals surface area contributed by atoms with Gasteiger partial charge in [0.25, 0.3) is 5.91 Å². The number of hydrogen-bond donors (Lipinski definition) is 2. The van der Waals surface area contributed by atoms with Gasteiger partial charge in [-0.1, -0.05) is 0 Å². The van der Waals surface area contributed by atoms with E-state index in [-0.39, 0.29) is 17.5 Å². The Morgan fingerprint density at radius 2 is 1.94 bits per heavy atom. The maximum absolute atomic E-state index is 12.9. The van der Waals surface area contributed by atoms with Crippen molar-refractivity contribution in [2.24, 2.45) is 5.92 Å². The Balaban J connectivity index is 1.54. The molecule has 2 aromatic rings. The van der Waals surface area contributed by atoms with Crippen LogP contribution in [0.15, 0.2) is 36.7 Å². The number of rotatable bonds is 9. The number of aromatic nitrogens is 2. The Kier molecular flexibility index (Phi) is 6.61. The highest BCUT2D eigenvalue weighted by Gasteiger charge is 2.58. The van der Waals surface area contributed by atoms with Gasteiger partial charge in [-0.3, -0.25) is 4.79 Å². The average Bonchev–Trinajstić information content (AvgIpc) is 3.55. The molecule has 1 saturated carbocycles. The maximum Gasteiger partial charge on any atom is 0.456 e. The largest absolute Gasteiger partial charge is 0.485 e. The van der Waals surface area contributed by atoms with E-state index < -0.39 is 24.6 Å². The fourth-order valence-corrected chi connectivity index (χ4v) is 2.59. The number of nitrogens with one attached hydrogen (secondary N) is 2. The Morgan fingerprint density at radius 1 is 1.19 bits per heavy atom. The zero-order chi connectivity index (χ0) is 22.6. The lowest BCUT2D eigenvalue weighted by Gasteiger charge is -2.19. The molecular weight excluding hydrogens is 423 g/mol. The Morgan fingerprint density at radius 3 is 2.55 bits per heavy atom. The van der Waals surface area contributed by atoms with Crippen molar-refractivity contribution in [2.45, 2.75) is 37.9 Å². The van der Waals surface area contributed by atoms with E-state index in [9.17, 15) is 26.7 Å². The Hall–Kier alpha value is -2.98. The number of nitrogens with zero attached hydrogens (tertiary/aromatic N) is 2. The van der Waals surface area contributed by atoms with E-state index in [0.29, 0.717) is 11.7 Å². The lowest BCUT2D eigenvalue weighted by atomic mass is 10.1. The minimum Gasteiger partial charge on any atom is -0.485 e. The summed E-state index contributed by atoms with van der Waals surface area (Å²) in [5.41, 5.74) is 0.777. The highest BCUT2D eigenvalue weighted by Crippen LogP contribution is 2.35. The third kappa shape index (κ3) is 6.25. The molecule has 31 heavy (non-hydrogen) atoms. The van der Waals surface area contributed by atoms with Gasteiger partial charge in [0.2, 0.25) is 0 Å². The van der Waals surface area contributed by atoms with Gasteiger partial charge in [-0.25, -0.2) is 9.97 Å². The molecule has 0 aromatic carbocycles. The summed E-state index contributed by atoms with van der Waals surface area (Å²) in [5.74, 6) is -4.45. The van der Waals surface area contributed by atoms with Gasteiger partial charge in [-0.15, -0.1) is 0 Å². The van der Waals surface area contributed by atoms with Gasteiger partial charge in [-0.2, -0.15) is 22.0 Å². The second kappa shape index (κ2) is 9.03. The first-order valence-corrected chi connectivity index (χ1v) is 9.59. The number of pyridine rings is 2. The van der Waals surface area contributed by atoms with Crippen LogP contribution in [0, 0.1) is 5.92 Å². The minimum absolute atomic E-state index is 0.0390. The number of ether oxygens (including phenoxy) is 1. The first-order chi connectivity index (χ1) is 14.5. The molecule has 1 atom stereocenters. The predicted octanol–water partition coefficient (Wildman–Crippen LogP) is 4.37. The molecule has 2 heterocycles. The molecule has 1 aliphatic carbocycles. The van der Waals surface area contributed by atoms with Crippen molar-refractivity contribution in [3.8, 4) is 5.75 Å². The number of amides is 1. The smallest absolute Gasteiger partial charge is 0.456 e. The Bertz CT molecular complexity index is 901. The van der Waals surface area contributed by atoms with Crippen molar-refractivity contribution in [1.29, 1.82) is 0 Å². The predicted molar refractivity (Wildman–Crippen MR) is 102 cm³/mol. The van der Waals surface area contributed by atoms with Gasteiger partial charge in [0.15, 0.2) is 6.61 Å². The molecule has 3 rings (SSSR count). The fraction of sp³-hybridized carbons (Fsp3) is 0.450. The first-order valence-electron chi connectivity index (χ1n) is 9.59. The van der Waals surface area contributed by atoms with Gasteiger partial charge in [0.1, 0.15) is 17.3 Å². The quantitative estimate of drug-likeness (QED) is 0.562. The minimum atomic E-state index is -5.71. The van der Waals surface area contributed by atoms with Crippen LogP contribution in [0.1, 0.15) is 41.9 Å². The van der Waals surface area contributed by atoms with Gasteiger partial charge in [0.05, 0.1) is 12.2 Å². The van der Waals surface area contributed by atoms with Gasteiger partial charge in [-0.05, 0) is 55.5 Å².